The van der Waals surface area contributed by atoms with Gasteiger partial charge in [0.25, 0.3) is 0 Å². The molecule has 1 saturated heterocycles. The van der Waals surface area contributed by atoms with Crippen LogP contribution in [0.15, 0.2) is 24.3 Å². The first-order valence-electron chi connectivity index (χ1n) is 5.34. The van der Waals surface area contributed by atoms with Crippen LogP contribution in [-0.4, -0.2) is 30.7 Å². The first kappa shape index (κ1) is 11.8. The van der Waals surface area contributed by atoms with Crippen molar-refractivity contribution >= 4 is 34.6 Å². The zero-order valence-corrected chi connectivity index (χ0v) is 10.1. The van der Waals surface area contributed by atoms with Crippen LogP contribution in [0.4, 0.5) is 11.4 Å². The molecule has 0 aliphatic carbocycles. The van der Waals surface area contributed by atoms with E-state index in [0.717, 1.165) is 17.9 Å². The smallest absolute Gasteiger partial charge is 0.240 e. The molecule has 0 atom stereocenters. The Balaban J connectivity index is 2.19. The maximum absolute atomic E-state index is 11.7. The van der Waals surface area contributed by atoms with Gasteiger partial charge < -0.3 is 21.3 Å². The maximum atomic E-state index is 11.7. The summed E-state index contributed by atoms with van der Waals surface area (Å²) < 4.78 is 0. The van der Waals surface area contributed by atoms with Gasteiger partial charge in [0.05, 0.1) is 6.54 Å². The van der Waals surface area contributed by atoms with E-state index in [1.807, 2.05) is 24.3 Å². The average molecular weight is 250 g/mol. The third-order valence-electron chi connectivity index (χ3n) is 2.51. The number of hydrogen-bond acceptors (Lipinski definition) is 3. The molecule has 5 nitrogen and oxygen atoms in total. The van der Waals surface area contributed by atoms with Crippen LogP contribution in [0.2, 0.25) is 0 Å². The van der Waals surface area contributed by atoms with Gasteiger partial charge in [0, 0.05) is 24.5 Å². The summed E-state index contributed by atoms with van der Waals surface area (Å²) >= 11 is 4.78. The third-order valence-corrected chi connectivity index (χ3v) is 2.62. The molecule has 1 aromatic carbocycles. The van der Waals surface area contributed by atoms with E-state index in [4.69, 9.17) is 18.0 Å². The Hall–Kier alpha value is -1.66. The van der Waals surface area contributed by atoms with E-state index in [0.29, 0.717) is 13.1 Å². The van der Waals surface area contributed by atoms with E-state index in [-0.39, 0.29) is 11.0 Å². The first-order chi connectivity index (χ1) is 8.16. The van der Waals surface area contributed by atoms with Gasteiger partial charge in [0.1, 0.15) is 0 Å². The van der Waals surface area contributed by atoms with E-state index in [2.05, 4.69) is 10.6 Å². The highest BCUT2D eigenvalue weighted by Gasteiger charge is 2.19. The number of carbonyl (C=O) groups excluding carboxylic acids is 1. The summed E-state index contributed by atoms with van der Waals surface area (Å²) in [4.78, 5) is 13.5. The minimum atomic E-state index is 0.0729. The van der Waals surface area contributed by atoms with E-state index < -0.39 is 0 Å². The van der Waals surface area contributed by atoms with Crippen molar-refractivity contribution in [2.24, 2.45) is 5.73 Å². The van der Waals surface area contributed by atoms with Crippen molar-refractivity contribution in [1.82, 2.24) is 5.32 Å². The maximum Gasteiger partial charge on any atom is 0.240 e. The van der Waals surface area contributed by atoms with Gasteiger partial charge in [-0.2, -0.15) is 0 Å². The number of carbonyl (C=O) groups is 1. The van der Waals surface area contributed by atoms with Crippen molar-refractivity contribution < 1.29 is 4.79 Å². The summed E-state index contributed by atoms with van der Waals surface area (Å²) in [5.41, 5.74) is 7.06. The molecule has 1 aromatic rings. The summed E-state index contributed by atoms with van der Waals surface area (Å²) in [6, 6.07) is 7.48. The molecular weight excluding hydrogens is 236 g/mol. The number of thiocarbonyl (C=S) groups is 1. The number of rotatable bonds is 2. The molecule has 1 heterocycles. The highest BCUT2D eigenvalue weighted by Crippen LogP contribution is 2.20. The van der Waals surface area contributed by atoms with Gasteiger partial charge in [-0.1, -0.05) is 6.07 Å². The molecule has 90 valence electrons. The van der Waals surface area contributed by atoms with Gasteiger partial charge in [-0.25, -0.2) is 0 Å². The minimum absolute atomic E-state index is 0.0729. The zero-order chi connectivity index (χ0) is 12.3. The topological polar surface area (TPSA) is 70.4 Å². The molecule has 1 amide bonds. The Morgan fingerprint density at radius 3 is 3.06 bits per heavy atom. The van der Waals surface area contributed by atoms with Crippen molar-refractivity contribution in [2.45, 2.75) is 0 Å². The fraction of sp³-hybridized carbons (Fsp3) is 0.273. The number of nitrogens with zero attached hydrogens (tertiary/aromatic N) is 1. The van der Waals surface area contributed by atoms with Gasteiger partial charge in [-0.05, 0) is 30.4 Å². The predicted octanol–water partition coefficient (Wildman–Crippen LogP) is 0.278. The van der Waals surface area contributed by atoms with Gasteiger partial charge in [-0.15, -0.1) is 0 Å². The number of piperazine rings is 1. The summed E-state index contributed by atoms with van der Waals surface area (Å²) in [7, 11) is 0. The average Bonchev–Trinajstić information content (AvgIpc) is 2.29. The van der Waals surface area contributed by atoms with Crippen molar-refractivity contribution in [3.8, 4) is 0 Å². The monoisotopic (exact) mass is 250 g/mol. The van der Waals surface area contributed by atoms with Crippen LogP contribution >= 0.6 is 12.2 Å². The molecule has 1 aliphatic rings. The quantitative estimate of drug-likeness (QED) is 0.658. The molecule has 0 saturated carbocycles. The second-order valence-electron chi connectivity index (χ2n) is 3.76. The molecule has 2 rings (SSSR count). The van der Waals surface area contributed by atoms with Crippen LogP contribution in [0.5, 0.6) is 0 Å². The predicted molar refractivity (Wildman–Crippen MR) is 72.1 cm³/mol. The Labute approximate surface area is 105 Å². The van der Waals surface area contributed by atoms with E-state index in [9.17, 15) is 4.79 Å². The number of nitrogens with one attached hydrogen (secondary N) is 2. The molecule has 17 heavy (non-hydrogen) atoms. The van der Waals surface area contributed by atoms with Crippen molar-refractivity contribution in [1.29, 1.82) is 0 Å². The molecule has 4 N–H and O–H groups in total. The van der Waals surface area contributed by atoms with E-state index >= 15 is 0 Å². The summed E-state index contributed by atoms with van der Waals surface area (Å²) in [5, 5.41) is 6.10. The summed E-state index contributed by atoms with van der Waals surface area (Å²) in [5.74, 6) is 0.0729. The molecular formula is C11H14N4OS. The molecule has 1 fully saturated rings. The van der Waals surface area contributed by atoms with Crippen molar-refractivity contribution in [3.63, 3.8) is 0 Å². The highest BCUT2D eigenvalue weighted by atomic mass is 32.1. The lowest BCUT2D eigenvalue weighted by molar-refractivity contribution is -0.118. The molecule has 0 spiro atoms. The molecule has 0 aromatic heterocycles. The van der Waals surface area contributed by atoms with Crippen LogP contribution in [0.1, 0.15) is 0 Å². The molecule has 0 bridgehead atoms. The number of nitrogens with two attached hydrogens (primary N) is 1. The lowest BCUT2D eigenvalue weighted by Gasteiger charge is -2.27. The molecule has 0 radical (unpaired) electrons. The SMILES string of the molecule is NC(=S)Nc1cccc(N2CCNCC2=O)c1. The normalized spacial score (nSPS) is 15.8. The minimum Gasteiger partial charge on any atom is -0.376 e. The Bertz CT molecular complexity index is 449. The fourth-order valence-electron chi connectivity index (χ4n) is 1.77. The zero-order valence-electron chi connectivity index (χ0n) is 9.27. The Kier molecular flexibility index (Phi) is 3.55. The fourth-order valence-corrected chi connectivity index (χ4v) is 1.89. The number of benzene rings is 1. The summed E-state index contributed by atoms with van der Waals surface area (Å²) in [6.45, 7) is 1.86. The van der Waals surface area contributed by atoms with Crippen LogP contribution in [0.3, 0.4) is 0 Å². The van der Waals surface area contributed by atoms with Crippen LogP contribution < -0.4 is 21.3 Å². The Morgan fingerprint density at radius 2 is 2.35 bits per heavy atom. The highest BCUT2D eigenvalue weighted by molar-refractivity contribution is 7.80. The molecule has 0 unspecified atom stereocenters. The van der Waals surface area contributed by atoms with Crippen LogP contribution in [0.25, 0.3) is 0 Å². The largest absolute Gasteiger partial charge is 0.376 e. The van der Waals surface area contributed by atoms with Crippen molar-refractivity contribution in [2.75, 3.05) is 29.9 Å². The Morgan fingerprint density at radius 1 is 1.53 bits per heavy atom. The molecule has 6 heteroatoms. The lowest BCUT2D eigenvalue weighted by Crippen LogP contribution is -2.48. The van der Waals surface area contributed by atoms with E-state index in [1.54, 1.807) is 4.90 Å². The lowest BCUT2D eigenvalue weighted by atomic mass is 10.2. The second kappa shape index (κ2) is 5.11. The third kappa shape index (κ3) is 2.92. The van der Waals surface area contributed by atoms with Gasteiger partial charge in [-0.3, -0.25) is 4.79 Å². The number of hydrogen-bond donors (Lipinski definition) is 3. The molecule has 1 aliphatic heterocycles. The van der Waals surface area contributed by atoms with Crippen LogP contribution in [0, 0.1) is 0 Å². The van der Waals surface area contributed by atoms with Crippen molar-refractivity contribution in [3.05, 3.63) is 24.3 Å². The first-order valence-corrected chi connectivity index (χ1v) is 5.75. The summed E-state index contributed by atoms with van der Waals surface area (Å²) in [6.07, 6.45) is 0. The second-order valence-corrected chi connectivity index (χ2v) is 4.20. The van der Waals surface area contributed by atoms with Crippen LogP contribution in [-0.2, 0) is 4.79 Å². The number of anilines is 2. The van der Waals surface area contributed by atoms with E-state index in [1.165, 1.54) is 0 Å². The standard InChI is InChI=1S/C11H14N4OS/c12-11(17)14-8-2-1-3-9(6-8)15-5-4-13-7-10(15)16/h1-3,6,13H,4-5,7H2,(H3,12,14,17). The van der Waals surface area contributed by atoms with Gasteiger partial charge in [0.2, 0.25) is 5.91 Å². The number of amides is 1. The van der Waals surface area contributed by atoms with Gasteiger partial charge >= 0.3 is 0 Å². The van der Waals surface area contributed by atoms with Gasteiger partial charge in [0.15, 0.2) is 5.11 Å².